The van der Waals surface area contributed by atoms with E-state index in [2.05, 4.69) is 43.3 Å². The molecule has 2 rings (SSSR count). The molecule has 0 aliphatic heterocycles. The van der Waals surface area contributed by atoms with Gasteiger partial charge in [-0.3, -0.25) is 0 Å². The summed E-state index contributed by atoms with van der Waals surface area (Å²) >= 11 is 7.78. The third kappa shape index (κ3) is 5.08. The van der Waals surface area contributed by atoms with E-state index in [0.29, 0.717) is 11.1 Å². The van der Waals surface area contributed by atoms with Gasteiger partial charge >= 0.3 is 0 Å². The number of ether oxygens (including phenoxy) is 2. The molecule has 2 aromatic carbocycles. The van der Waals surface area contributed by atoms with Gasteiger partial charge in [0.15, 0.2) is 11.5 Å². The molecule has 0 aliphatic rings. The first-order chi connectivity index (χ1) is 11.2. The highest BCUT2D eigenvalue weighted by Gasteiger charge is 2.16. The average Bonchev–Trinajstić information content (AvgIpc) is 2.59. The molecule has 2 nitrogen and oxygen atoms in total. The van der Waals surface area contributed by atoms with Crippen LogP contribution in [0.15, 0.2) is 47.4 Å². The smallest absolute Gasteiger partial charge is 0.161 e. The predicted molar refractivity (Wildman–Crippen MR) is 99.3 cm³/mol. The van der Waals surface area contributed by atoms with Crippen LogP contribution in [-0.2, 0) is 0 Å². The maximum Gasteiger partial charge on any atom is 0.161 e. The van der Waals surface area contributed by atoms with E-state index in [0.717, 1.165) is 24.3 Å². The second-order valence-electron chi connectivity index (χ2n) is 5.37. The van der Waals surface area contributed by atoms with Crippen molar-refractivity contribution in [2.75, 3.05) is 20.1 Å². The van der Waals surface area contributed by atoms with Crippen LogP contribution in [0.2, 0.25) is 0 Å². The fourth-order valence-electron chi connectivity index (χ4n) is 2.39. The third-order valence-electron chi connectivity index (χ3n) is 3.68. The molecule has 0 spiro atoms. The van der Waals surface area contributed by atoms with Crippen LogP contribution in [0.1, 0.15) is 29.2 Å². The van der Waals surface area contributed by atoms with Gasteiger partial charge in [-0.25, -0.2) is 0 Å². The number of benzene rings is 2. The number of aryl methyl sites for hydroxylation is 1. The monoisotopic (exact) mass is 350 g/mol. The summed E-state index contributed by atoms with van der Waals surface area (Å²) in [6.45, 7) is 2.10. The van der Waals surface area contributed by atoms with Crippen molar-refractivity contribution in [3.63, 3.8) is 0 Å². The van der Waals surface area contributed by atoms with Gasteiger partial charge in [0.05, 0.1) is 14.2 Å². The Bertz CT molecular complexity index is 613. The van der Waals surface area contributed by atoms with Crippen molar-refractivity contribution in [2.45, 2.75) is 29.9 Å². The molecule has 0 radical (unpaired) electrons. The molecule has 4 heteroatoms. The summed E-state index contributed by atoms with van der Waals surface area (Å²) in [5.41, 5.74) is 2.51. The lowest BCUT2D eigenvalue weighted by molar-refractivity contribution is 0.354. The summed E-state index contributed by atoms with van der Waals surface area (Å²) in [5.74, 6) is 2.20. The molecule has 0 N–H and O–H groups in total. The normalized spacial score (nSPS) is 12.0. The Hall–Kier alpha value is -1.32. The van der Waals surface area contributed by atoms with Crippen LogP contribution in [0.25, 0.3) is 0 Å². The maximum atomic E-state index is 5.91. The maximum absolute atomic E-state index is 5.91. The lowest BCUT2D eigenvalue weighted by Crippen LogP contribution is -1.98. The Balaban J connectivity index is 2.24. The molecule has 0 bridgehead atoms. The van der Waals surface area contributed by atoms with Crippen molar-refractivity contribution in [1.29, 1.82) is 0 Å². The number of alkyl halides is 1. The second-order valence-corrected chi connectivity index (χ2v) is 7.02. The molecular weight excluding hydrogens is 328 g/mol. The van der Waals surface area contributed by atoms with Crippen LogP contribution in [-0.4, -0.2) is 20.1 Å². The molecule has 0 aliphatic carbocycles. The topological polar surface area (TPSA) is 18.5 Å². The lowest BCUT2D eigenvalue weighted by atomic mass is 10.1. The Kier molecular flexibility index (Phi) is 7.13. The molecule has 23 heavy (non-hydrogen) atoms. The molecule has 0 saturated heterocycles. The molecule has 0 saturated carbocycles. The van der Waals surface area contributed by atoms with E-state index in [1.165, 1.54) is 16.0 Å². The fraction of sp³-hybridized carbons (Fsp3) is 0.368. The quantitative estimate of drug-likeness (QED) is 0.438. The van der Waals surface area contributed by atoms with Crippen molar-refractivity contribution in [2.24, 2.45) is 0 Å². The number of hydrogen-bond donors (Lipinski definition) is 0. The lowest BCUT2D eigenvalue weighted by Gasteiger charge is -2.18. The minimum absolute atomic E-state index is 0.344. The minimum Gasteiger partial charge on any atom is -0.493 e. The standard InChI is InChI=1S/C19H23ClO2S/c1-14-6-9-16(10-7-14)23-19(5-4-12-20)15-8-11-17(21-2)18(13-15)22-3/h6-11,13,19H,4-5,12H2,1-3H3. The molecule has 2 aromatic rings. The van der Waals surface area contributed by atoms with Gasteiger partial charge in [-0.05, 0) is 49.6 Å². The summed E-state index contributed by atoms with van der Waals surface area (Å²) in [5, 5.41) is 0.344. The van der Waals surface area contributed by atoms with E-state index in [1.807, 2.05) is 17.8 Å². The second kappa shape index (κ2) is 9.09. The Labute approximate surface area is 148 Å². The number of hydrogen-bond acceptors (Lipinski definition) is 3. The van der Waals surface area contributed by atoms with Gasteiger partial charge in [-0.1, -0.05) is 23.8 Å². The highest BCUT2D eigenvalue weighted by atomic mass is 35.5. The van der Waals surface area contributed by atoms with Gasteiger partial charge in [0.1, 0.15) is 0 Å². The molecule has 0 amide bonds. The van der Waals surface area contributed by atoms with E-state index in [9.17, 15) is 0 Å². The summed E-state index contributed by atoms with van der Waals surface area (Å²) in [6, 6.07) is 14.8. The van der Waals surface area contributed by atoms with E-state index in [-0.39, 0.29) is 0 Å². The summed E-state index contributed by atoms with van der Waals surface area (Å²) in [4.78, 5) is 1.27. The SMILES string of the molecule is COc1ccc(C(CCCCl)Sc2ccc(C)cc2)cc1OC. The fourth-order valence-corrected chi connectivity index (χ4v) is 3.73. The van der Waals surface area contributed by atoms with Gasteiger partial charge in [-0.15, -0.1) is 23.4 Å². The first-order valence-electron chi connectivity index (χ1n) is 7.69. The van der Waals surface area contributed by atoms with Gasteiger partial charge in [0.25, 0.3) is 0 Å². The first-order valence-corrected chi connectivity index (χ1v) is 9.10. The summed E-state index contributed by atoms with van der Waals surface area (Å²) < 4.78 is 10.8. The highest BCUT2D eigenvalue weighted by Crippen LogP contribution is 2.41. The predicted octanol–water partition coefficient (Wildman–Crippen LogP) is 5.86. The van der Waals surface area contributed by atoms with Gasteiger partial charge in [0.2, 0.25) is 0 Å². The Morgan fingerprint density at radius 1 is 1.00 bits per heavy atom. The Morgan fingerprint density at radius 2 is 1.70 bits per heavy atom. The largest absolute Gasteiger partial charge is 0.493 e. The third-order valence-corrected chi connectivity index (χ3v) is 5.28. The molecule has 124 valence electrons. The number of halogens is 1. The molecule has 1 atom stereocenters. The highest BCUT2D eigenvalue weighted by molar-refractivity contribution is 7.99. The van der Waals surface area contributed by atoms with Crippen LogP contribution < -0.4 is 9.47 Å². The van der Waals surface area contributed by atoms with Crippen molar-refractivity contribution in [1.82, 2.24) is 0 Å². The number of rotatable bonds is 8. The van der Waals surface area contributed by atoms with Gasteiger partial charge in [-0.2, -0.15) is 0 Å². The van der Waals surface area contributed by atoms with Crippen molar-refractivity contribution < 1.29 is 9.47 Å². The van der Waals surface area contributed by atoms with E-state index in [4.69, 9.17) is 21.1 Å². The number of thioether (sulfide) groups is 1. The van der Waals surface area contributed by atoms with Crippen LogP contribution in [0, 0.1) is 6.92 Å². The van der Waals surface area contributed by atoms with E-state index in [1.54, 1.807) is 14.2 Å². The Morgan fingerprint density at radius 3 is 2.30 bits per heavy atom. The molecule has 0 fully saturated rings. The average molecular weight is 351 g/mol. The first kappa shape index (κ1) is 18.0. The van der Waals surface area contributed by atoms with Crippen LogP contribution >= 0.6 is 23.4 Å². The van der Waals surface area contributed by atoms with Crippen molar-refractivity contribution in [3.05, 3.63) is 53.6 Å². The van der Waals surface area contributed by atoms with Crippen LogP contribution in [0.3, 0.4) is 0 Å². The summed E-state index contributed by atoms with van der Waals surface area (Å²) in [7, 11) is 3.33. The van der Waals surface area contributed by atoms with Crippen LogP contribution in [0.5, 0.6) is 11.5 Å². The minimum atomic E-state index is 0.344. The van der Waals surface area contributed by atoms with Crippen LogP contribution in [0.4, 0.5) is 0 Å². The zero-order valence-electron chi connectivity index (χ0n) is 13.8. The zero-order chi connectivity index (χ0) is 16.7. The zero-order valence-corrected chi connectivity index (χ0v) is 15.4. The molecule has 0 heterocycles. The van der Waals surface area contributed by atoms with Gasteiger partial charge in [0, 0.05) is 16.0 Å². The molecular formula is C19H23ClO2S. The van der Waals surface area contributed by atoms with E-state index >= 15 is 0 Å². The van der Waals surface area contributed by atoms with Gasteiger partial charge < -0.3 is 9.47 Å². The number of methoxy groups -OCH3 is 2. The summed E-state index contributed by atoms with van der Waals surface area (Å²) in [6.07, 6.45) is 2.01. The van der Waals surface area contributed by atoms with E-state index < -0.39 is 0 Å². The molecule has 1 unspecified atom stereocenters. The van der Waals surface area contributed by atoms with Crippen molar-refractivity contribution >= 4 is 23.4 Å². The molecule has 0 aromatic heterocycles. The van der Waals surface area contributed by atoms with Crippen molar-refractivity contribution in [3.8, 4) is 11.5 Å².